The fourth-order valence-corrected chi connectivity index (χ4v) is 1.92. The summed E-state index contributed by atoms with van der Waals surface area (Å²) in [5.41, 5.74) is 6.60. The van der Waals surface area contributed by atoms with Gasteiger partial charge in [-0.05, 0) is 13.2 Å². The predicted molar refractivity (Wildman–Crippen MR) is 71.6 cm³/mol. The number of nitrogens with two attached hydrogens (primary N) is 1. The molecule has 96 valence electrons. The summed E-state index contributed by atoms with van der Waals surface area (Å²) in [6.45, 7) is 2.48. The van der Waals surface area contributed by atoms with E-state index in [1.54, 1.807) is 6.07 Å². The zero-order valence-electron chi connectivity index (χ0n) is 10.5. The fraction of sp³-hybridized carbons (Fsp3) is 0.364. The molecule has 7 heteroatoms. The molecule has 2 heterocycles. The summed E-state index contributed by atoms with van der Waals surface area (Å²) in [5.74, 6) is 2.03. The molecule has 0 aromatic carbocycles. The maximum atomic E-state index is 5.75. The maximum absolute atomic E-state index is 5.75. The SMILES string of the molecule is CSc1nc(N)cc(N(C)Cc2cc(C)on2)n1. The van der Waals surface area contributed by atoms with E-state index < -0.39 is 0 Å². The Morgan fingerprint density at radius 3 is 2.78 bits per heavy atom. The topological polar surface area (TPSA) is 81.1 Å². The predicted octanol–water partition coefficient (Wildman–Crippen LogP) is 1.71. The number of thioether (sulfide) groups is 1. The van der Waals surface area contributed by atoms with Crippen LogP contribution in [0.15, 0.2) is 21.8 Å². The van der Waals surface area contributed by atoms with Gasteiger partial charge in [-0.2, -0.15) is 0 Å². The lowest BCUT2D eigenvalue weighted by molar-refractivity contribution is 0.390. The molecule has 0 saturated carbocycles. The van der Waals surface area contributed by atoms with E-state index in [2.05, 4.69) is 15.1 Å². The van der Waals surface area contributed by atoms with E-state index in [4.69, 9.17) is 10.3 Å². The van der Waals surface area contributed by atoms with Crippen LogP contribution < -0.4 is 10.6 Å². The number of hydrogen-bond donors (Lipinski definition) is 1. The molecule has 0 unspecified atom stereocenters. The van der Waals surface area contributed by atoms with Crippen LogP contribution in [-0.2, 0) is 6.54 Å². The number of anilines is 2. The van der Waals surface area contributed by atoms with Gasteiger partial charge in [-0.1, -0.05) is 16.9 Å². The Bertz CT molecular complexity index is 542. The number of rotatable bonds is 4. The van der Waals surface area contributed by atoms with E-state index in [9.17, 15) is 0 Å². The summed E-state index contributed by atoms with van der Waals surface area (Å²) in [5, 5.41) is 4.61. The highest BCUT2D eigenvalue weighted by atomic mass is 32.2. The van der Waals surface area contributed by atoms with Crippen LogP contribution >= 0.6 is 11.8 Å². The minimum atomic E-state index is 0.465. The Labute approximate surface area is 110 Å². The third-order valence-electron chi connectivity index (χ3n) is 2.36. The van der Waals surface area contributed by atoms with Crippen molar-refractivity contribution in [2.24, 2.45) is 0 Å². The molecule has 0 aliphatic heterocycles. The van der Waals surface area contributed by atoms with Crippen LogP contribution in [0, 0.1) is 6.92 Å². The van der Waals surface area contributed by atoms with Crippen LogP contribution in [0.2, 0.25) is 0 Å². The molecule has 0 bridgehead atoms. The fourth-order valence-electron chi connectivity index (χ4n) is 1.53. The van der Waals surface area contributed by atoms with Crippen molar-refractivity contribution in [2.75, 3.05) is 23.9 Å². The van der Waals surface area contributed by atoms with Gasteiger partial charge in [-0.25, -0.2) is 9.97 Å². The van der Waals surface area contributed by atoms with Gasteiger partial charge in [0.15, 0.2) is 5.16 Å². The molecule has 18 heavy (non-hydrogen) atoms. The standard InChI is InChI=1S/C11H15N5OS/c1-7-4-8(15-17-7)6-16(2)10-5-9(12)13-11(14-10)18-3/h4-5H,6H2,1-3H3,(H2,12,13,14). The summed E-state index contributed by atoms with van der Waals surface area (Å²) < 4.78 is 5.03. The second kappa shape index (κ2) is 5.26. The summed E-state index contributed by atoms with van der Waals surface area (Å²) in [4.78, 5) is 10.5. The minimum absolute atomic E-state index is 0.465. The molecule has 2 aromatic rings. The first-order valence-electron chi connectivity index (χ1n) is 5.40. The van der Waals surface area contributed by atoms with Crippen molar-refractivity contribution in [2.45, 2.75) is 18.6 Å². The molecule has 0 aliphatic rings. The molecule has 0 fully saturated rings. The molecule has 2 rings (SSSR count). The number of aromatic nitrogens is 3. The average Bonchev–Trinajstić information content (AvgIpc) is 2.73. The van der Waals surface area contributed by atoms with E-state index in [1.165, 1.54) is 11.8 Å². The monoisotopic (exact) mass is 265 g/mol. The van der Waals surface area contributed by atoms with E-state index in [-0.39, 0.29) is 0 Å². The van der Waals surface area contributed by atoms with Crippen LogP contribution in [0.5, 0.6) is 0 Å². The smallest absolute Gasteiger partial charge is 0.191 e. The van der Waals surface area contributed by atoms with Gasteiger partial charge in [0.05, 0.1) is 6.54 Å². The lowest BCUT2D eigenvalue weighted by atomic mass is 10.3. The van der Waals surface area contributed by atoms with Gasteiger partial charge < -0.3 is 15.2 Å². The first kappa shape index (κ1) is 12.7. The van der Waals surface area contributed by atoms with Crippen molar-refractivity contribution < 1.29 is 4.52 Å². The van der Waals surface area contributed by atoms with E-state index in [1.807, 2.05) is 31.2 Å². The van der Waals surface area contributed by atoms with E-state index >= 15 is 0 Å². The molecular weight excluding hydrogens is 250 g/mol. The molecule has 0 saturated heterocycles. The summed E-state index contributed by atoms with van der Waals surface area (Å²) in [7, 11) is 1.93. The second-order valence-electron chi connectivity index (χ2n) is 3.92. The first-order chi connectivity index (χ1) is 8.58. The van der Waals surface area contributed by atoms with Crippen molar-refractivity contribution in [3.8, 4) is 0 Å². The van der Waals surface area contributed by atoms with Crippen LogP contribution in [0.1, 0.15) is 11.5 Å². The first-order valence-corrected chi connectivity index (χ1v) is 6.63. The molecule has 6 nitrogen and oxygen atoms in total. The van der Waals surface area contributed by atoms with Crippen molar-refractivity contribution in [1.29, 1.82) is 0 Å². The molecule has 0 amide bonds. The Hall–Kier alpha value is -1.76. The second-order valence-corrected chi connectivity index (χ2v) is 4.70. The molecule has 2 aromatic heterocycles. The Morgan fingerprint density at radius 1 is 1.39 bits per heavy atom. The minimum Gasteiger partial charge on any atom is -0.383 e. The van der Waals surface area contributed by atoms with Crippen molar-refractivity contribution in [3.63, 3.8) is 0 Å². The zero-order chi connectivity index (χ0) is 13.1. The summed E-state index contributed by atoms with van der Waals surface area (Å²) in [6, 6.07) is 3.64. The zero-order valence-corrected chi connectivity index (χ0v) is 11.4. The molecule has 0 aliphatic carbocycles. The number of aryl methyl sites for hydroxylation is 1. The van der Waals surface area contributed by atoms with E-state index in [0.29, 0.717) is 17.5 Å². The molecule has 2 N–H and O–H groups in total. The van der Waals surface area contributed by atoms with Gasteiger partial charge in [0.25, 0.3) is 0 Å². The van der Waals surface area contributed by atoms with Gasteiger partial charge >= 0.3 is 0 Å². The van der Waals surface area contributed by atoms with E-state index in [0.717, 1.165) is 17.3 Å². The lowest BCUT2D eigenvalue weighted by Gasteiger charge is -2.17. The Morgan fingerprint density at radius 2 is 2.17 bits per heavy atom. The lowest BCUT2D eigenvalue weighted by Crippen LogP contribution is -2.18. The molecule has 0 radical (unpaired) electrons. The molecule has 0 spiro atoms. The third-order valence-corrected chi connectivity index (χ3v) is 2.91. The normalized spacial score (nSPS) is 10.6. The number of nitrogen functional groups attached to an aromatic ring is 1. The van der Waals surface area contributed by atoms with Crippen molar-refractivity contribution in [3.05, 3.63) is 23.6 Å². The largest absolute Gasteiger partial charge is 0.383 e. The Balaban J connectivity index is 2.17. The number of hydrogen-bond acceptors (Lipinski definition) is 7. The summed E-state index contributed by atoms with van der Waals surface area (Å²) in [6.07, 6.45) is 1.92. The van der Waals surface area contributed by atoms with Gasteiger partial charge in [-0.15, -0.1) is 0 Å². The third kappa shape index (κ3) is 2.92. The van der Waals surface area contributed by atoms with Crippen LogP contribution in [0.3, 0.4) is 0 Å². The number of nitrogens with zero attached hydrogens (tertiary/aromatic N) is 4. The summed E-state index contributed by atoms with van der Waals surface area (Å²) >= 11 is 1.46. The van der Waals surface area contributed by atoms with Crippen LogP contribution in [0.25, 0.3) is 0 Å². The van der Waals surface area contributed by atoms with Gasteiger partial charge in [-0.3, -0.25) is 0 Å². The highest BCUT2D eigenvalue weighted by Crippen LogP contribution is 2.19. The van der Waals surface area contributed by atoms with Gasteiger partial charge in [0, 0.05) is 19.2 Å². The van der Waals surface area contributed by atoms with Crippen LogP contribution in [-0.4, -0.2) is 28.4 Å². The maximum Gasteiger partial charge on any atom is 0.191 e. The molecule has 0 atom stereocenters. The van der Waals surface area contributed by atoms with Crippen molar-refractivity contribution in [1.82, 2.24) is 15.1 Å². The molecular formula is C11H15N5OS. The van der Waals surface area contributed by atoms with Gasteiger partial charge in [0.1, 0.15) is 23.1 Å². The van der Waals surface area contributed by atoms with Gasteiger partial charge in [0.2, 0.25) is 0 Å². The Kier molecular flexibility index (Phi) is 3.71. The quantitative estimate of drug-likeness (QED) is 0.665. The van der Waals surface area contributed by atoms with Crippen LogP contribution in [0.4, 0.5) is 11.6 Å². The van der Waals surface area contributed by atoms with Crippen molar-refractivity contribution >= 4 is 23.4 Å². The highest BCUT2D eigenvalue weighted by molar-refractivity contribution is 7.98. The average molecular weight is 265 g/mol. The highest BCUT2D eigenvalue weighted by Gasteiger charge is 2.09.